The zero-order valence-electron chi connectivity index (χ0n) is 13.1. The number of ether oxygens (including phenoxy) is 1. The summed E-state index contributed by atoms with van der Waals surface area (Å²) in [5.74, 6) is 0.902. The summed E-state index contributed by atoms with van der Waals surface area (Å²) >= 11 is 0. The normalized spacial score (nSPS) is 12.1. The minimum absolute atomic E-state index is 0.342. The summed E-state index contributed by atoms with van der Waals surface area (Å²) in [6.07, 6.45) is 4.84. The highest BCUT2D eigenvalue weighted by Crippen LogP contribution is 2.20. The molecule has 0 bridgehead atoms. The van der Waals surface area contributed by atoms with E-state index in [0.29, 0.717) is 12.6 Å². The maximum atomic E-state index is 5.87. The Morgan fingerprint density at radius 2 is 2.10 bits per heavy atom. The summed E-state index contributed by atoms with van der Waals surface area (Å²) in [7, 11) is 0. The number of rotatable bonds is 7. The first-order valence-electron chi connectivity index (χ1n) is 7.55. The molecule has 2 aromatic rings. The van der Waals surface area contributed by atoms with Crippen molar-refractivity contribution in [2.45, 2.75) is 39.8 Å². The first-order chi connectivity index (χ1) is 10.2. The molecule has 3 nitrogen and oxygen atoms in total. The van der Waals surface area contributed by atoms with Crippen LogP contribution in [0.1, 0.15) is 43.0 Å². The van der Waals surface area contributed by atoms with Crippen LogP contribution in [0.4, 0.5) is 0 Å². The minimum atomic E-state index is 0.342. The van der Waals surface area contributed by atoms with Crippen molar-refractivity contribution in [1.29, 1.82) is 0 Å². The molecule has 0 amide bonds. The Hall–Kier alpha value is -1.87. The van der Waals surface area contributed by atoms with Gasteiger partial charge in [-0.15, -0.1) is 0 Å². The Bertz CT molecular complexity index is 569. The number of aryl methyl sites for hydroxylation is 1. The summed E-state index contributed by atoms with van der Waals surface area (Å²) in [4.78, 5) is 4.19. The Morgan fingerprint density at radius 1 is 1.24 bits per heavy atom. The maximum Gasteiger partial charge on any atom is 0.120 e. The Kier molecular flexibility index (Phi) is 5.76. The molecule has 1 unspecified atom stereocenters. The van der Waals surface area contributed by atoms with Gasteiger partial charge in [0.2, 0.25) is 0 Å². The van der Waals surface area contributed by atoms with Crippen molar-refractivity contribution in [3.05, 3.63) is 59.4 Å². The van der Waals surface area contributed by atoms with Crippen LogP contribution in [0.5, 0.6) is 5.75 Å². The molecule has 0 saturated heterocycles. The van der Waals surface area contributed by atoms with Gasteiger partial charge < -0.3 is 10.1 Å². The van der Waals surface area contributed by atoms with Crippen LogP contribution in [0.2, 0.25) is 0 Å². The molecule has 1 aromatic heterocycles. The number of nitrogens with zero attached hydrogens (tertiary/aromatic N) is 1. The monoisotopic (exact) mass is 284 g/mol. The molecular formula is C18H24N2O. The highest BCUT2D eigenvalue weighted by molar-refractivity contribution is 5.30. The molecule has 2 rings (SSSR count). The zero-order chi connectivity index (χ0) is 15.1. The van der Waals surface area contributed by atoms with Crippen LogP contribution in [0, 0.1) is 6.92 Å². The van der Waals surface area contributed by atoms with Gasteiger partial charge in [0.15, 0.2) is 0 Å². The van der Waals surface area contributed by atoms with Gasteiger partial charge in [-0.25, -0.2) is 0 Å². The third-order valence-corrected chi connectivity index (χ3v) is 3.40. The van der Waals surface area contributed by atoms with Gasteiger partial charge >= 0.3 is 0 Å². The summed E-state index contributed by atoms with van der Waals surface area (Å²) < 4.78 is 5.87. The third-order valence-electron chi connectivity index (χ3n) is 3.40. The fraction of sp³-hybridized carbons (Fsp3) is 0.389. The van der Waals surface area contributed by atoms with Gasteiger partial charge in [-0.1, -0.05) is 19.1 Å². The van der Waals surface area contributed by atoms with E-state index in [1.807, 2.05) is 31.5 Å². The summed E-state index contributed by atoms with van der Waals surface area (Å²) in [5.41, 5.74) is 3.50. The lowest BCUT2D eigenvalue weighted by molar-refractivity contribution is 0.305. The van der Waals surface area contributed by atoms with E-state index in [1.54, 1.807) is 0 Å². The number of nitrogens with one attached hydrogen (secondary N) is 1. The van der Waals surface area contributed by atoms with Gasteiger partial charge in [-0.3, -0.25) is 4.98 Å². The second-order valence-corrected chi connectivity index (χ2v) is 5.41. The van der Waals surface area contributed by atoms with E-state index < -0.39 is 0 Å². The fourth-order valence-electron chi connectivity index (χ4n) is 2.22. The molecule has 0 spiro atoms. The fourth-order valence-corrected chi connectivity index (χ4v) is 2.22. The predicted octanol–water partition coefficient (Wildman–Crippen LogP) is 4.03. The van der Waals surface area contributed by atoms with Gasteiger partial charge in [0.25, 0.3) is 0 Å². The van der Waals surface area contributed by atoms with Gasteiger partial charge in [0.1, 0.15) is 12.4 Å². The molecule has 1 aromatic carbocycles. The van der Waals surface area contributed by atoms with Crippen LogP contribution in [0.25, 0.3) is 0 Å². The molecule has 0 aliphatic heterocycles. The first-order valence-corrected chi connectivity index (χ1v) is 7.55. The van der Waals surface area contributed by atoms with Gasteiger partial charge in [0, 0.05) is 24.0 Å². The van der Waals surface area contributed by atoms with Crippen LogP contribution in [-0.2, 0) is 6.61 Å². The number of hydrogen-bond acceptors (Lipinski definition) is 3. The average Bonchev–Trinajstić information content (AvgIpc) is 2.51. The second kappa shape index (κ2) is 7.79. The van der Waals surface area contributed by atoms with E-state index in [2.05, 4.69) is 42.3 Å². The summed E-state index contributed by atoms with van der Waals surface area (Å²) in [6.45, 7) is 7.97. The Balaban J connectivity index is 1.97. The molecule has 0 radical (unpaired) electrons. The van der Waals surface area contributed by atoms with Crippen molar-refractivity contribution >= 4 is 0 Å². The van der Waals surface area contributed by atoms with E-state index in [1.165, 1.54) is 5.56 Å². The van der Waals surface area contributed by atoms with E-state index >= 15 is 0 Å². The molecule has 1 heterocycles. The van der Waals surface area contributed by atoms with Crippen molar-refractivity contribution in [2.75, 3.05) is 6.54 Å². The number of aromatic nitrogens is 1. The smallest absolute Gasteiger partial charge is 0.120 e. The lowest BCUT2D eigenvalue weighted by Gasteiger charge is -2.15. The quantitative estimate of drug-likeness (QED) is 0.833. The van der Waals surface area contributed by atoms with Crippen molar-refractivity contribution < 1.29 is 4.74 Å². The molecule has 0 aliphatic rings. The van der Waals surface area contributed by atoms with Gasteiger partial charge in [-0.2, -0.15) is 0 Å². The topological polar surface area (TPSA) is 34.1 Å². The SMILES string of the molecule is CCCNC(C)c1cccc(OCc2cncc(C)c2)c1. The first kappa shape index (κ1) is 15.5. The van der Waals surface area contributed by atoms with Crippen LogP contribution >= 0.6 is 0 Å². The molecule has 0 aliphatic carbocycles. The van der Waals surface area contributed by atoms with Gasteiger partial charge in [-0.05, 0) is 56.1 Å². The van der Waals surface area contributed by atoms with E-state index in [-0.39, 0.29) is 0 Å². The summed E-state index contributed by atoms with van der Waals surface area (Å²) in [6, 6.07) is 10.7. The number of pyridine rings is 1. The van der Waals surface area contributed by atoms with Crippen LogP contribution < -0.4 is 10.1 Å². The second-order valence-electron chi connectivity index (χ2n) is 5.41. The molecule has 0 fully saturated rings. The third kappa shape index (κ3) is 4.87. The maximum absolute atomic E-state index is 5.87. The van der Waals surface area contributed by atoms with Crippen molar-refractivity contribution in [3.63, 3.8) is 0 Å². The van der Waals surface area contributed by atoms with E-state index in [4.69, 9.17) is 4.74 Å². The zero-order valence-corrected chi connectivity index (χ0v) is 13.1. The van der Waals surface area contributed by atoms with Crippen molar-refractivity contribution in [2.24, 2.45) is 0 Å². The van der Waals surface area contributed by atoms with Crippen molar-refractivity contribution in [3.8, 4) is 5.75 Å². The molecule has 3 heteroatoms. The van der Waals surface area contributed by atoms with Crippen LogP contribution in [-0.4, -0.2) is 11.5 Å². The molecule has 1 N–H and O–H groups in total. The molecule has 1 atom stereocenters. The van der Waals surface area contributed by atoms with Gasteiger partial charge in [0.05, 0.1) is 0 Å². The van der Waals surface area contributed by atoms with E-state index in [9.17, 15) is 0 Å². The Morgan fingerprint density at radius 3 is 2.86 bits per heavy atom. The molecule has 112 valence electrons. The highest BCUT2D eigenvalue weighted by atomic mass is 16.5. The average molecular weight is 284 g/mol. The van der Waals surface area contributed by atoms with Crippen LogP contribution in [0.15, 0.2) is 42.7 Å². The number of hydrogen-bond donors (Lipinski definition) is 1. The minimum Gasteiger partial charge on any atom is -0.489 e. The standard InChI is InChI=1S/C18H24N2O/c1-4-8-20-15(3)17-6-5-7-18(10-17)21-13-16-9-14(2)11-19-12-16/h5-7,9-12,15,20H,4,8,13H2,1-3H3. The van der Waals surface area contributed by atoms with E-state index in [0.717, 1.165) is 29.8 Å². The molecule has 0 saturated carbocycles. The number of benzene rings is 1. The highest BCUT2D eigenvalue weighted by Gasteiger charge is 2.05. The molecule has 21 heavy (non-hydrogen) atoms. The summed E-state index contributed by atoms with van der Waals surface area (Å²) in [5, 5.41) is 3.49. The Labute approximate surface area is 127 Å². The largest absolute Gasteiger partial charge is 0.489 e. The lowest BCUT2D eigenvalue weighted by Crippen LogP contribution is -2.19. The lowest BCUT2D eigenvalue weighted by atomic mass is 10.1. The molecular weight excluding hydrogens is 260 g/mol. The van der Waals surface area contributed by atoms with Crippen molar-refractivity contribution in [1.82, 2.24) is 10.3 Å². The van der Waals surface area contributed by atoms with Crippen LogP contribution in [0.3, 0.4) is 0 Å². The predicted molar refractivity (Wildman–Crippen MR) is 86.5 cm³/mol.